The van der Waals surface area contributed by atoms with Crippen molar-refractivity contribution in [3.05, 3.63) is 0 Å². The van der Waals surface area contributed by atoms with Crippen molar-refractivity contribution in [2.45, 2.75) is 59.9 Å². The van der Waals surface area contributed by atoms with Gasteiger partial charge in [-0.2, -0.15) is 0 Å². The van der Waals surface area contributed by atoms with Crippen molar-refractivity contribution in [1.29, 1.82) is 0 Å². The summed E-state index contributed by atoms with van der Waals surface area (Å²) in [5.74, 6) is 0. The number of hydrogen-bond donors (Lipinski definition) is 1. The molecule has 1 nitrogen and oxygen atoms in total. The molecule has 0 aromatic rings. The van der Waals surface area contributed by atoms with E-state index in [-0.39, 0.29) is 0 Å². The predicted octanol–water partition coefficient (Wildman–Crippen LogP) is 3.20. The molecule has 0 amide bonds. The Morgan fingerprint density at radius 1 is 0.769 bits per heavy atom. The molecule has 0 aromatic carbocycles. The van der Waals surface area contributed by atoms with Crippen LogP contribution in [0.1, 0.15) is 54.4 Å². The second-order valence-electron chi connectivity index (χ2n) is 6.92. The molecule has 0 saturated carbocycles. The SMILES string of the molecule is CC1(C)CNC(C)(C)CC(C)(C)C1. The fraction of sp³-hybridized carbons (Fsp3) is 1.00. The molecular weight excluding hydrogens is 158 g/mol. The molecule has 1 fully saturated rings. The van der Waals surface area contributed by atoms with Crippen molar-refractivity contribution in [3.63, 3.8) is 0 Å². The van der Waals surface area contributed by atoms with Gasteiger partial charge in [0.15, 0.2) is 0 Å². The summed E-state index contributed by atoms with van der Waals surface area (Å²) in [6, 6.07) is 0. The molecule has 0 unspecified atom stereocenters. The summed E-state index contributed by atoms with van der Waals surface area (Å²) < 4.78 is 0. The molecule has 0 aromatic heterocycles. The Bertz CT molecular complexity index is 169. The summed E-state index contributed by atoms with van der Waals surface area (Å²) in [5, 5.41) is 3.67. The quantitative estimate of drug-likeness (QED) is 0.608. The van der Waals surface area contributed by atoms with Crippen LogP contribution in [-0.2, 0) is 0 Å². The topological polar surface area (TPSA) is 12.0 Å². The monoisotopic (exact) mass is 183 g/mol. The van der Waals surface area contributed by atoms with E-state index in [0.717, 1.165) is 6.54 Å². The number of rotatable bonds is 0. The van der Waals surface area contributed by atoms with Crippen LogP contribution in [0.5, 0.6) is 0 Å². The van der Waals surface area contributed by atoms with Crippen LogP contribution in [0.25, 0.3) is 0 Å². The van der Waals surface area contributed by atoms with E-state index in [1.165, 1.54) is 12.8 Å². The van der Waals surface area contributed by atoms with Crippen LogP contribution >= 0.6 is 0 Å². The van der Waals surface area contributed by atoms with Crippen LogP contribution in [0.3, 0.4) is 0 Å². The normalized spacial score (nSPS) is 30.9. The van der Waals surface area contributed by atoms with E-state index in [9.17, 15) is 0 Å². The van der Waals surface area contributed by atoms with Crippen LogP contribution in [0.15, 0.2) is 0 Å². The summed E-state index contributed by atoms with van der Waals surface area (Å²) in [6.45, 7) is 15.3. The van der Waals surface area contributed by atoms with Gasteiger partial charge in [0.1, 0.15) is 0 Å². The van der Waals surface area contributed by atoms with Gasteiger partial charge in [0, 0.05) is 12.1 Å². The molecule has 1 aliphatic heterocycles. The smallest absolute Gasteiger partial charge is 0.0130 e. The molecule has 0 bridgehead atoms. The van der Waals surface area contributed by atoms with Crippen molar-refractivity contribution >= 4 is 0 Å². The summed E-state index contributed by atoms with van der Waals surface area (Å²) in [6.07, 6.45) is 2.58. The molecular formula is C12H25N. The van der Waals surface area contributed by atoms with Crippen molar-refractivity contribution in [3.8, 4) is 0 Å². The van der Waals surface area contributed by atoms with Gasteiger partial charge in [-0.05, 0) is 37.5 Å². The average Bonchev–Trinajstić information content (AvgIpc) is 1.83. The van der Waals surface area contributed by atoms with Crippen molar-refractivity contribution in [2.75, 3.05) is 6.54 Å². The van der Waals surface area contributed by atoms with Crippen LogP contribution in [0, 0.1) is 10.8 Å². The van der Waals surface area contributed by atoms with Crippen LogP contribution in [0.4, 0.5) is 0 Å². The van der Waals surface area contributed by atoms with Crippen LogP contribution in [-0.4, -0.2) is 12.1 Å². The summed E-state index contributed by atoms with van der Waals surface area (Å²) >= 11 is 0. The first kappa shape index (κ1) is 11.0. The molecule has 78 valence electrons. The zero-order chi connectivity index (χ0) is 10.3. The van der Waals surface area contributed by atoms with Gasteiger partial charge in [-0.3, -0.25) is 0 Å². The fourth-order valence-corrected chi connectivity index (χ4v) is 3.16. The van der Waals surface area contributed by atoms with Crippen molar-refractivity contribution < 1.29 is 0 Å². The largest absolute Gasteiger partial charge is 0.311 e. The molecule has 13 heavy (non-hydrogen) atoms. The summed E-state index contributed by atoms with van der Waals surface area (Å²) in [7, 11) is 0. The molecule has 0 radical (unpaired) electrons. The van der Waals surface area contributed by atoms with Gasteiger partial charge < -0.3 is 5.32 Å². The Labute approximate surface area is 83.3 Å². The third kappa shape index (κ3) is 3.30. The minimum Gasteiger partial charge on any atom is -0.311 e. The Hall–Kier alpha value is -0.0400. The van der Waals surface area contributed by atoms with E-state index in [1.807, 2.05) is 0 Å². The molecule has 1 N–H and O–H groups in total. The Morgan fingerprint density at radius 2 is 1.31 bits per heavy atom. The van der Waals surface area contributed by atoms with Gasteiger partial charge in [-0.1, -0.05) is 27.7 Å². The van der Waals surface area contributed by atoms with Gasteiger partial charge in [-0.25, -0.2) is 0 Å². The third-order valence-electron chi connectivity index (χ3n) is 2.92. The molecule has 0 atom stereocenters. The lowest BCUT2D eigenvalue weighted by atomic mass is 9.72. The maximum atomic E-state index is 3.67. The fourth-order valence-electron chi connectivity index (χ4n) is 3.16. The molecule has 0 aliphatic carbocycles. The van der Waals surface area contributed by atoms with E-state index in [4.69, 9.17) is 0 Å². The van der Waals surface area contributed by atoms with Gasteiger partial charge >= 0.3 is 0 Å². The predicted molar refractivity (Wildman–Crippen MR) is 58.9 cm³/mol. The summed E-state index contributed by atoms with van der Waals surface area (Å²) in [4.78, 5) is 0. The highest BCUT2D eigenvalue weighted by Crippen LogP contribution is 2.41. The zero-order valence-corrected chi connectivity index (χ0v) is 10.1. The lowest BCUT2D eigenvalue weighted by Gasteiger charge is -2.33. The molecule has 1 heterocycles. The minimum atomic E-state index is 0.303. The highest BCUT2D eigenvalue weighted by Gasteiger charge is 2.37. The van der Waals surface area contributed by atoms with Crippen LogP contribution < -0.4 is 5.32 Å². The first-order valence-corrected chi connectivity index (χ1v) is 5.37. The van der Waals surface area contributed by atoms with E-state index < -0.39 is 0 Å². The average molecular weight is 183 g/mol. The third-order valence-corrected chi connectivity index (χ3v) is 2.92. The maximum Gasteiger partial charge on any atom is 0.0130 e. The van der Waals surface area contributed by atoms with Gasteiger partial charge in [0.25, 0.3) is 0 Å². The second kappa shape index (κ2) is 2.98. The van der Waals surface area contributed by atoms with E-state index in [0.29, 0.717) is 16.4 Å². The first-order valence-electron chi connectivity index (χ1n) is 5.37. The van der Waals surface area contributed by atoms with E-state index >= 15 is 0 Å². The lowest BCUT2D eigenvalue weighted by Crippen LogP contribution is -2.42. The highest BCUT2D eigenvalue weighted by atomic mass is 15.0. The van der Waals surface area contributed by atoms with Crippen LogP contribution in [0.2, 0.25) is 0 Å². The van der Waals surface area contributed by atoms with E-state index in [2.05, 4.69) is 46.9 Å². The van der Waals surface area contributed by atoms with Crippen molar-refractivity contribution in [2.24, 2.45) is 10.8 Å². The highest BCUT2D eigenvalue weighted by molar-refractivity contribution is 4.94. The zero-order valence-electron chi connectivity index (χ0n) is 10.1. The Kier molecular flexibility index (Phi) is 2.53. The Balaban J connectivity index is 2.82. The Morgan fingerprint density at radius 3 is 1.85 bits per heavy atom. The van der Waals surface area contributed by atoms with E-state index in [1.54, 1.807) is 0 Å². The molecule has 1 rings (SSSR count). The molecule has 1 saturated heterocycles. The second-order valence-corrected chi connectivity index (χ2v) is 6.92. The first-order chi connectivity index (χ1) is 5.62. The van der Waals surface area contributed by atoms with Crippen molar-refractivity contribution in [1.82, 2.24) is 5.32 Å². The summed E-state index contributed by atoms with van der Waals surface area (Å²) in [5.41, 5.74) is 1.21. The molecule has 0 spiro atoms. The van der Waals surface area contributed by atoms with Gasteiger partial charge in [0.2, 0.25) is 0 Å². The number of nitrogens with one attached hydrogen (secondary N) is 1. The standard InChI is InChI=1S/C12H25N/c1-10(2)7-11(3,4)9-13-12(5,6)8-10/h13H,7-9H2,1-6H3. The number of hydrogen-bond acceptors (Lipinski definition) is 1. The molecule has 1 aliphatic rings. The van der Waals surface area contributed by atoms with Gasteiger partial charge in [-0.15, -0.1) is 0 Å². The van der Waals surface area contributed by atoms with Gasteiger partial charge in [0.05, 0.1) is 0 Å². The lowest BCUT2D eigenvalue weighted by molar-refractivity contribution is 0.199. The molecule has 1 heteroatoms. The maximum absolute atomic E-state index is 3.67. The minimum absolute atomic E-state index is 0.303.